The molecule has 0 unspecified atom stereocenters. The zero-order valence-electron chi connectivity index (χ0n) is 29.4. The van der Waals surface area contributed by atoms with E-state index in [9.17, 15) is 0 Å². The highest BCUT2D eigenvalue weighted by Gasteiger charge is 2.43. The van der Waals surface area contributed by atoms with E-state index < -0.39 is 0 Å². The maximum Gasteiger partial charge on any atom is 0.252 e. The van der Waals surface area contributed by atoms with Gasteiger partial charge in [0.2, 0.25) is 0 Å². The number of hydrogen-bond donors (Lipinski definition) is 0. The SMILES string of the molecule is c1ccc(-c2c(-c3ccccc3)n3c4c(cccc24)B2c4ccccc4N(c4ccccc4)c4cc(-n5c6ccccc6c6ccccc65)cc-3c42)cc1. The molecule has 0 amide bonds. The van der Waals surface area contributed by atoms with Gasteiger partial charge in [-0.15, -0.1) is 0 Å². The molecular formula is C50H32BN3. The molecule has 10 aromatic rings. The average Bonchev–Trinajstić information content (AvgIpc) is 3.77. The van der Waals surface area contributed by atoms with Gasteiger partial charge in [-0.3, -0.25) is 0 Å². The Hall–Kier alpha value is -7.04. The highest BCUT2D eigenvalue weighted by molar-refractivity contribution is 7.00. The number of aromatic nitrogens is 2. The van der Waals surface area contributed by atoms with E-state index in [1.165, 1.54) is 88.5 Å². The van der Waals surface area contributed by atoms with Crippen LogP contribution in [-0.2, 0) is 0 Å². The van der Waals surface area contributed by atoms with Gasteiger partial charge in [0, 0.05) is 50.0 Å². The van der Waals surface area contributed by atoms with Gasteiger partial charge in [-0.2, -0.15) is 0 Å². The lowest BCUT2D eigenvalue weighted by Gasteiger charge is -2.40. The van der Waals surface area contributed by atoms with Gasteiger partial charge in [-0.1, -0.05) is 152 Å². The maximum absolute atomic E-state index is 2.60. The summed E-state index contributed by atoms with van der Waals surface area (Å²) in [6, 6.07) is 71.4. The van der Waals surface area contributed by atoms with Gasteiger partial charge < -0.3 is 14.0 Å². The first-order valence-corrected chi connectivity index (χ1v) is 18.7. The Morgan fingerprint density at radius 2 is 0.926 bits per heavy atom. The maximum atomic E-state index is 2.60. The fourth-order valence-electron chi connectivity index (χ4n) is 9.61. The summed E-state index contributed by atoms with van der Waals surface area (Å²) in [5.74, 6) is 0. The van der Waals surface area contributed by atoms with Crippen LogP contribution in [0.2, 0.25) is 0 Å². The first kappa shape index (κ1) is 29.5. The van der Waals surface area contributed by atoms with E-state index in [0.717, 1.165) is 11.4 Å². The monoisotopic (exact) mass is 685 g/mol. The number of para-hydroxylation sites is 5. The van der Waals surface area contributed by atoms with Gasteiger partial charge >= 0.3 is 0 Å². The molecule has 3 nitrogen and oxygen atoms in total. The zero-order valence-corrected chi connectivity index (χ0v) is 29.4. The van der Waals surface area contributed by atoms with Crippen molar-refractivity contribution in [1.29, 1.82) is 0 Å². The van der Waals surface area contributed by atoms with Crippen LogP contribution in [-0.4, -0.2) is 15.8 Å². The predicted molar refractivity (Wildman–Crippen MR) is 228 cm³/mol. The number of benzene rings is 8. The second-order valence-corrected chi connectivity index (χ2v) is 14.5. The van der Waals surface area contributed by atoms with Crippen LogP contribution in [0.1, 0.15) is 0 Å². The fraction of sp³-hybridized carbons (Fsp3) is 0. The smallest absolute Gasteiger partial charge is 0.252 e. The van der Waals surface area contributed by atoms with E-state index in [4.69, 9.17) is 0 Å². The van der Waals surface area contributed by atoms with E-state index in [1.54, 1.807) is 0 Å². The van der Waals surface area contributed by atoms with Crippen LogP contribution < -0.4 is 21.3 Å². The van der Waals surface area contributed by atoms with Crippen molar-refractivity contribution in [3.63, 3.8) is 0 Å². The lowest BCUT2D eigenvalue weighted by atomic mass is 9.34. The van der Waals surface area contributed by atoms with Crippen LogP contribution in [0, 0.1) is 0 Å². The molecule has 12 rings (SSSR count). The molecule has 54 heavy (non-hydrogen) atoms. The van der Waals surface area contributed by atoms with Gasteiger partial charge in [0.05, 0.1) is 22.4 Å². The first-order valence-electron chi connectivity index (χ1n) is 18.7. The molecule has 8 aromatic carbocycles. The molecule has 2 aliphatic rings. The zero-order chi connectivity index (χ0) is 35.3. The molecule has 0 aliphatic carbocycles. The van der Waals surface area contributed by atoms with Crippen molar-refractivity contribution < 1.29 is 0 Å². The summed E-state index contributed by atoms with van der Waals surface area (Å²) < 4.78 is 5.08. The van der Waals surface area contributed by atoms with Crippen molar-refractivity contribution in [2.75, 3.05) is 4.90 Å². The molecule has 0 fully saturated rings. The minimum atomic E-state index is 0.0525. The molecule has 2 aliphatic heterocycles. The van der Waals surface area contributed by atoms with Crippen molar-refractivity contribution in [3.05, 3.63) is 194 Å². The van der Waals surface area contributed by atoms with E-state index in [0.29, 0.717) is 0 Å². The second-order valence-electron chi connectivity index (χ2n) is 14.5. The fourth-order valence-corrected chi connectivity index (χ4v) is 9.61. The molecule has 4 heterocycles. The van der Waals surface area contributed by atoms with Gasteiger partial charge in [0.15, 0.2) is 0 Å². The van der Waals surface area contributed by atoms with Crippen molar-refractivity contribution in [1.82, 2.24) is 9.13 Å². The topological polar surface area (TPSA) is 13.1 Å². The summed E-state index contributed by atoms with van der Waals surface area (Å²) >= 11 is 0. The van der Waals surface area contributed by atoms with Gasteiger partial charge in [0.25, 0.3) is 6.71 Å². The second kappa shape index (κ2) is 11.2. The minimum Gasteiger partial charge on any atom is -0.311 e. The highest BCUT2D eigenvalue weighted by Crippen LogP contribution is 2.47. The molecule has 0 N–H and O–H groups in total. The van der Waals surface area contributed by atoms with E-state index >= 15 is 0 Å². The summed E-state index contributed by atoms with van der Waals surface area (Å²) in [7, 11) is 0. The number of fused-ring (bicyclic) bond motifs is 7. The first-order chi connectivity index (χ1) is 26.8. The van der Waals surface area contributed by atoms with Crippen LogP contribution in [0.25, 0.3) is 66.5 Å². The van der Waals surface area contributed by atoms with Crippen LogP contribution in [0.5, 0.6) is 0 Å². The van der Waals surface area contributed by atoms with Crippen LogP contribution in [0.4, 0.5) is 17.1 Å². The molecule has 0 bridgehead atoms. The quantitative estimate of drug-likeness (QED) is 0.168. The van der Waals surface area contributed by atoms with Crippen molar-refractivity contribution in [2.45, 2.75) is 0 Å². The molecule has 0 saturated heterocycles. The summed E-state index contributed by atoms with van der Waals surface area (Å²) in [4.78, 5) is 2.50. The molecular weight excluding hydrogens is 653 g/mol. The van der Waals surface area contributed by atoms with Crippen molar-refractivity contribution >= 4 is 72.9 Å². The van der Waals surface area contributed by atoms with Crippen LogP contribution in [0.15, 0.2) is 194 Å². The molecule has 0 saturated carbocycles. The highest BCUT2D eigenvalue weighted by atomic mass is 15.2. The largest absolute Gasteiger partial charge is 0.311 e. The third kappa shape index (κ3) is 3.97. The molecule has 2 aromatic heterocycles. The number of hydrogen-bond acceptors (Lipinski definition) is 1. The summed E-state index contributed by atoms with van der Waals surface area (Å²) in [6.07, 6.45) is 0. The molecule has 4 heteroatoms. The lowest BCUT2D eigenvalue weighted by molar-refractivity contribution is 1.11. The van der Waals surface area contributed by atoms with E-state index in [-0.39, 0.29) is 6.71 Å². The number of nitrogens with zero attached hydrogens (tertiary/aromatic N) is 3. The van der Waals surface area contributed by atoms with E-state index in [2.05, 4.69) is 208 Å². The Bertz CT molecular complexity index is 3050. The van der Waals surface area contributed by atoms with Crippen molar-refractivity contribution in [2.24, 2.45) is 0 Å². The Labute approximate surface area is 313 Å². The Balaban J connectivity index is 1.30. The summed E-state index contributed by atoms with van der Waals surface area (Å²) in [5, 5.41) is 3.79. The number of rotatable bonds is 4. The molecule has 250 valence electrons. The summed E-state index contributed by atoms with van der Waals surface area (Å²) in [6.45, 7) is 0.0525. The van der Waals surface area contributed by atoms with Gasteiger partial charge in [-0.05, 0) is 70.0 Å². The number of anilines is 3. The van der Waals surface area contributed by atoms with E-state index in [1.807, 2.05) is 0 Å². The van der Waals surface area contributed by atoms with Gasteiger partial charge in [-0.25, -0.2) is 0 Å². The van der Waals surface area contributed by atoms with Crippen LogP contribution in [0.3, 0.4) is 0 Å². The van der Waals surface area contributed by atoms with Crippen molar-refractivity contribution in [3.8, 4) is 33.8 Å². The standard InChI is InChI=1S/C50H32BN3/c1-4-17-33(18-5-1)47-39-25-16-27-41-50(39)54(49(47)34-19-6-2-7-20-34)46-32-36(53-42-28-13-10-23-37(42)38-24-11-14-29-43(38)53)31-45-48(46)51(41)40-26-12-15-30-44(40)52(45)35-21-8-3-9-22-35/h1-32H. The minimum absolute atomic E-state index is 0.0525. The Morgan fingerprint density at radius 3 is 1.65 bits per heavy atom. The Kier molecular flexibility index (Phi) is 6.14. The predicted octanol–water partition coefficient (Wildman–Crippen LogP) is 10.7. The molecule has 0 radical (unpaired) electrons. The molecule has 0 spiro atoms. The molecule has 0 atom stereocenters. The summed E-state index contributed by atoms with van der Waals surface area (Å²) in [5.41, 5.74) is 18.5. The third-order valence-corrected chi connectivity index (χ3v) is 11.7. The normalized spacial score (nSPS) is 12.7. The van der Waals surface area contributed by atoms with Gasteiger partial charge in [0.1, 0.15) is 0 Å². The van der Waals surface area contributed by atoms with Crippen LogP contribution >= 0.6 is 0 Å². The third-order valence-electron chi connectivity index (χ3n) is 11.7. The average molecular weight is 686 g/mol. The Morgan fingerprint density at radius 1 is 0.370 bits per heavy atom. The lowest BCUT2D eigenvalue weighted by Crippen LogP contribution is -2.60.